The molecule has 0 spiro atoms. The van der Waals surface area contributed by atoms with E-state index in [1.807, 2.05) is 39.0 Å². The van der Waals surface area contributed by atoms with Gasteiger partial charge in [-0.15, -0.1) is 0 Å². The smallest absolute Gasteiger partial charge is 0.243 e. The Balaban J connectivity index is 2.23. The molecule has 2 aromatic carbocycles. The van der Waals surface area contributed by atoms with Gasteiger partial charge in [-0.2, -0.15) is 4.31 Å². The molecule has 1 amide bonds. The molecule has 0 aromatic heterocycles. The summed E-state index contributed by atoms with van der Waals surface area (Å²) >= 11 is 3.29. The molecule has 0 aliphatic heterocycles. The van der Waals surface area contributed by atoms with Crippen LogP contribution in [0, 0.1) is 13.8 Å². The maximum Gasteiger partial charge on any atom is 0.243 e. The molecule has 0 atom stereocenters. The van der Waals surface area contributed by atoms with Crippen LogP contribution in [0.1, 0.15) is 18.1 Å². The van der Waals surface area contributed by atoms with Gasteiger partial charge in [-0.25, -0.2) is 8.42 Å². The zero-order valence-electron chi connectivity index (χ0n) is 15.4. The molecule has 0 N–H and O–H groups in total. The van der Waals surface area contributed by atoms with Crippen LogP contribution in [0.2, 0.25) is 0 Å². The molecule has 5 nitrogen and oxygen atoms in total. The summed E-state index contributed by atoms with van der Waals surface area (Å²) in [5.74, 6) is -0.260. The van der Waals surface area contributed by atoms with E-state index in [-0.39, 0.29) is 17.3 Å². The fourth-order valence-electron chi connectivity index (χ4n) is 2.64. The Kier molecular flexibility index (Phi) is 6.60. The van der Waals surface area contributed by atoms with E-state index < -0.39 is 10.0 Å². The third kappa shape index (κ3) is 4.52. The highest BCUT2D eigenvalue weighted by Crippen LogP contribution is 2.23. The van der Waals surface area contributed by atoms with Crippen molar-refractivity contribution in [2.45, 2.75) is 25.7 Å². The van der Waals surface area contributed by atoms with Gasteiger partial charge >= 0.3 is 0 Å². The second kappa shape index (κ2) is 8.33. The van der Waals surface area contributed by atoms with Crippen molar-refractivity contribution in [2.24, 2.45) is 0 Å². The van der Waals surface area contributed by atoms with Gasteiger partial charge in [0.1, 0.15) is 0 Å². The Morgan fingerprint density at radius 2 is 1.69 bits per heavy atom. The number of sulfonamides is 1. The first-order valence-electron chi connectivity index (χ1n) is 8.26. The maximum atomic E-state index is 12.8. The quantitative estimate of drug-likeness (QED) is 0.689. The average molecular weight is 439 g/mol. The lowest BCUT2D eigenvalue weighted by atomic mass is 10.1. The summed E-state index contributed by atoms with van der Waals surface area (Å²) in [5.41, 5.74) is 2.84. The normalized spacial score (nSPS) is 11.6. The van der Waals surface area contributed by atoms with Crippen molar-refractivity contribution in [1.29, 1.82) is 0 Å². The van der Waals surface area contributed by atoms with Crippen molar-refractivity contribution in [3.8, 4) is 0 Å². The van der Waals surface area contributed by atoms with Gasteiger partial charge in [0, 0.05) is 23.8 Å². The first-order valence-corrected chi connectivity index (χ1v) is 10.5. The van der Waals surface area contributed by atoms with E-state index in [1.165, 1.54) is 19.2 Å². The van der Waals surface area contributed by atoms with Gasteiger partial charge in [0.2, 0.25) is 15.9 Å². The van der Waals surface area contributed by atoms with Crippen molar-refractivity contribution in [3.05, 3.63) is 58.1 Å². The lowest BCUT2D eigenvalue weighted by molar-refractivity contribution is -0.118. The van der Waals surface area contributed by atoms with E-state index in [1.54, 1.807) is 17.0 Å². The van der Waals surface area contributed by atoms with Gasteiger partial charge in [-0.1, -0.05) is 28.1 Å². The van der Waals surface area contributed by atoms with E-state index in [0.29, 0.717) is 6.54 Å². The minimum absolute atomic E-state index is 0.158. The third-order valence-corrected chi connectivity index (χ3v) is 6.50. The minimum Gasteiger partial charge on any atom is -0.311 e. The number of aryl methyl sites for hydroxylation is 2. The summed E-state index contributed by atoms with van der Waals surface area (Å²) in [7, 11) is -2.31. The molecule has 0 saturated heterocycles. The molecule has 26 heavy (non-hydrogen) atoms. The van der Waals surface area contributed by atoms with Crippen molar-refractivity contribution in [2.75, 3.05) is 25.0 Å². The van der Waals surface area contributed by atoms with Crippen molar-refractivity contribution in [1.82, 2.24) is 4.31 Å². The predicted molar refractivity (Wildman–Crippen MR) is 108 cm³/mol. The van der Waals surface area contributed by atoms with Gasteiger partial charge in [-0.3, -0.25) is 4.79 Å². The molecular weight excluding hydrogens is 416 g/mol. The van der Waals surface area contributed by atoms with E-state index in [0.717, 1.165) is 25.6 Å². The van der Waals surface area contributed by atoms with Gasteiger partial charge in [0.05, 0.1) is 11.4 Å². The SMILES string of the molecule is CCN(C(=O)CN(C)S(=O)(=O)c1ccc(Br)cc1)c1cc(C)ccc1C. The zero-order chi connectivity index (χ0) is 19.5. The fraction of sp³-hybridized carbons (Fsp3) is 0.316. The minimum atomic E-state index is -3.73. The standard InChI is InChI=1S/C19H23BrN2O3S/c1-5-22(18-12-14(2)6-7-15(18)3)19(23)13-21(4)26(24,25)17-10-8-16(20)9-11-17/h6-12H,5,13H2,1-4H3. The summed E-state index contributed by atoms with van der Waals surface area (Å²) in [5, 5.41) is 0. The van der Waals surface area contributed by atoms with Gasteiger partial charge in [-0.05, 0) is 62.2 Å². The Labute approximate surface area is 163 Å². The van der Waals surface area contributed by atoms with E-state index >= 15 is 0 Å². The second-order valence-corrected chi connectivity index (χ2v) is 9.10. The number of likely N-dealkylation sites (N-methyl/N-ethyl adjacent to an activating group) is 2. The molecule has 2 aromatic rings. The Morgan fingerprint density at radius 3 is 2.27 bits per heavy atom. The number of carbonyl (C=O) groups excluding carboxylic acids is 1. The number of hydrogen-bond donors (Lipinski definition) is 0. The van der Waals surface area contributed by atoms with Crippen LogP contribution >= 0.6 is 15.9 Å². The van der Waals surface area contributed by atoms with Crippen LogP contribution in [-0.2, 0) is 14.8 Å². The predicted octanol–water partition coefficient (Wildman–Crippen LogP) is 3.74. The number of halogens is 1. The van der Waals surface area contributed by atoms with E-state index in [9.17, 15) is 13.2 Å². The molecule has 2 rings (SSSR count). The highest BCUT2D eigenvalue weighted by Gasteiger charge is 2.25. The van der Waals surface area contributed by atoms with Gasteiger partial charge in [0.15, 0.2) is 0 Å². The maximum absolute atomic E-state index is 12.8. The molecule has 0 heterocycles. The molecule has 0 saturated carbocycles. The topological polar surface area (TPSA) is 57.7 Å². The molecule has 0 aliphatic rings. The van der Waals surface area contributed by atoms with Crippen molar-refractivity contribution in [3.63, 3.8) is 0 Å². The van der Waals surface area contributed by atoms with Crippen LogP contribution in [0.3, 0.4) is 0 Å². The number of nitrogens with zero attached hydrogens (tertiary/aromatic N) is 2. The summed E-state index contributed by atoms with van der Waals surface area (Å²) in [4.78, 5) is 14.6. The lowest BCUT2D eigenvalue weighted by Gasteiger charge is -2.26. The van der Waals surface area contributed by atoms with Gasteiger partial charge in [0.25, 0.3) is 0 Å². The molecule has 0 bridgehead atoms. The van der Waals surface area contributed by atoms with Crippen LogP contribution in [-0.4, -0.2) is 38.8 Å². The molecule has 0 unspecified atom stereocenters. The lowest BCUT2D eigenvalue weighted by Crippen LogP contribution is -2.41. The van der Waals surface area contributed by atoms with E-state index in [4.69, 9.17) is 0 Å². The Hall–Kier alpha value is -1.70. The average Bonchev–Trinajstić information content (AvgIpc) is 2.59. The zero-order valence-corrected chi connectivity index (χ0v) is 17.8. The molecule has 0 fully saturated rings. The molecule has 0 aliphatic carbocycles. The highest BCUT2D eigenvalue weighted by molar-refractivity contribution is 9.10. The number of rotatable bonds is 6. The first kappa shape index (κ1) is 20.6. The number of hydrogen-bond acceptors (Lipinski definition) is 3. The molecule has 0 radical (unpaired) electrons. The summed E-state index contributed by atoms with van der Waals surface area (Å²) in [6.45, 7) is 6.02. The summed E-state index contributed by atoms with van der Waals surface area (Å²) in [6.07, 6.45) is 0. The van der Waals surface area contributed by atoms with Crippen LogP contribution in [0.4, 0.5) is 5.69 Å². The largest absolute Gasteiger partial charge is 0.311 e. The summed E-state index contributed by atoms with van der Waals surface area (Å²) < 4.78 is 27.3. The second-order valence-electron chi connectivity index (χ2n) is 6.14. The van der Waals surface area contributed by atoms with E-state index in [2.05, 4.69) is 15.9 Å². The van der Waals surface area contributed by atoms with Crippen LogP contribution < -0.4 is 4.90 Å². The molecule has 140 valence electrons. The number of amides is 1. The van der Waals surface area contributed by atoms with Gasteiger partial charge < -0.3 is 4.90 Å². The monoisotopic (exact) mass is 438 g/mol. The number of anilines is 1. The van der Waals surface area contributed by atoms with Crippen LogP contribution in [0.15, 0.2) is 51.8 Å². The van der Waals surface area contributed by atoms with Crippen molar-refractivity contribution >= 4 is 37.5 Å². The summed E-state index contributed by atoms with van der Waals surface area (Å²) in [6, 6.07) is 12.3. The van der Waals surface area contributed by atoms with Crippen LogP contribution in [0.25, 0.3) is 0 Å². The Morgan fingerprint density at radius 1 is 1.08 bits per heavy atom. The number of carbonyl (C=O) groups is 1. The number of benzene rings is 2. The van der Waals surface area contributed by atoms with Crippen LogP contribution in [0.5, 0.6) is 0 Å². The highest BCUT2D eigenvalue weighted by atomic mass is 79.9. The first-order chi connectivity index (χ1) is 12.2. The van der Waals surface area contributed by atoms with Crippen molar-refractivity contribution < 1.29 is 13.2 Å². The molecule has 7 heteroatoms. The fourth-order valence-corrected chi connectivity index (χ4v) is 4.02. The molecular formula is C19H23BrN2O3S. The Bertz CT molecular complexity index is 896. The third-order valence-electron chi connectivity index (χ3n) is 4.15.